The van der Waals surface area contributed by atoms with E-state index in [0.29, 0.717) is 11.9 Å². The van der Waals surface area contributed by atoms with Crippen molar-refractivity contribution in [3.05, 3.63) is 28.7 Å². The van der Waals surface area contributed by atoms with Gasteiger partial charge in [-0.15, -0.1) is 0 Å². The number of hydrogen-bond donors (Lipinski definition) is 0. The average Bonchev–Trinajstić information content (AvgIpc) is 2.20. The molecular formula is C10H7ClF2N2O. The second kappa shape index (κ2) is 3.83. The molecule has 3 nitrogen and oxygen atoms in total. The predicted molar refractivity (Wildman–Crippen MR) is 55.8 cm³/mol. The van der Waals surface area contributed by atoms with E-state index in [4.69, 9.17) is 16.3 Å². The van der Waals surface area contributed by atoms with Crippen LogP contribution < -0.4 is 4.74 Å². The van der Waals surface area contributed by atoms with Crippen LogP contribution in [0.5, 0.6) is 5.75 Å². The molecule has 6 heteroatoms. The zero-order chi connectivity index (χ0) is 11.9. The molecule has 0 spiro atoms. The molecule has 0 aliphatic rings. The molecule has 1 aromatic heterocycles. The maximum absolute atomic E-state index is 13.5. The third-order valence-corrected chi connectivity index (χ3v) is 2.38. The summed E-state index contributed by atoms with van der Waals surface area (Å²) in [5, 5.41) is 0.0185. The lowest BCUT2D eigenvalue weighted by Gasteiger charge is -2.08. The number of fused-ring (bicyclic) bond motifs is 1. The molecule has 0 saturated heterocycles. The van der Waals surface area contributed by atoms with Crippen molar-refractivity contribution in [1.82, 2.24) is 9.97 Å². The van der Waals surface area contributed by atoms with Gasteiger partial charge in [0.1, 0.15) is 16.5 Å². The highest BCUT2D eigenvalue weighted by atomic mass is 35.5. The number of benzene rings is 1. The van der Waals surface area contributed by atoms with Gasteiger partial charge in [0.05, 0.1) is 12.5 Å². The SMILES string of the molecule is COc1c(F)cc(F)c2nc(C)nc(Cl)c12. The van der Waals surface area contributed by atoms with E-state index in [0.717, 1.165) is 0 Å². The first-order chi connectivity index (χ1) is 7.54. The van der Waals surface area contributed by atoms with Crippen LogP contribution in [0, 0.1) is 18.6 Å². The quantitative estimate of drug-likeness (QED) is 0.724. The fourth-order valence-electron chi connectivity index (χ4n) is 1.48. The summed E-state index contributed by atoms with van der Waals surface area (Å²) in [4.78, 5) is 7.70. The highest BCUT2D eigenvalue weighted by Crippen LogP contribution is 2.33. The van der Waals surface area contributed by atoms with Gasteiger partial charge in [-0.3, -0.25) is 0 Å². The number of aromatic nitrogens is 2. The molecule has 2 rings (SSSR count). The molecule has 0 unspecified atom stereocenters. The molecule has 0 amide bonds. The van der Waals surface area contributed by atoms with Crippen molar-refractivity contribution in [3.63, 3.8) is 0 Å². The van der Waals surface area contributed by atoms with E-state index in [1.165, 1.54) is 7.11 Å². The summed E-state index contributed by atoms with van der Waals surface area (Å²) >= 11 is 5.83. The molecule has 0 aliphatic carbocycles. The number of ether oxygens (including phenoxy) is 1. The molecule has 0 atom stereocenters. The number of halogens is 3. The van der Waals surface area contributed by atoms with E-state index in [2.05, 4.69) is 9.97 Å². The average molecular weight is 245 g/mol. The second-order valence-corrected chi connectivity index (χ2v) is 3.52. The third kappa shape index (κ3) is 1.57. The molecule has 2 aromatic rings. The molecule has 0 fully saturated rings. The van der Waals surface area contributed by atoms with Crippen LogP contribution >= 0.6 is 11.6 Å². The van der Waals surface area contributed by atoms with Crippen molar-refractivity contribution in [2.24, 2.45) is 0 Å². The Morgan fingerprint density at radius 1 is 1.25 bits per heavy atom. The molecule has 0 aliphatic heterocycles. The first-order valence-corrected chi connectivity index (χ1v) is 4.78. The highest BCUT2D eigenvalue weighted by Gasteiger charge is 2.18. The maximum atomic E-state index is 13.5. The molecule has 0 saturated carbocycles. The monoisotopic (exact) mass is 244 g/mol. The summed E-state index contributed by atoms with van der Waals surface area (Å²) < 4.78 is 31.7. The van der Waals surface area contributed by atoms with Gasteiger partial charge >= 0.3 is 0 Å². The van der Waals surface area contributed by atoms with E-state index in [9.17, 15) is 8.78 Å². The number of methoxy groups -OCH3 is 1. The van der Waals surface area contributed by atoms with Crippen LogP contribution in [-0.2, 0) is 0 Å². The minimum atomic E-state index is -0.832. The van der Waals surface area contributed by atoms with E-state index in [1.807, 2.05) is 0 Å². The number of rotatable bonds is 1. The summed E-state index contributed by atoms with van der Waals surface area (Å²) in [7, 11) is 1.27. The zero-order valence-corrected chi connectivity index (χ0v) is 9.27. The van der Waals surface area contributed by atoms with Gasteiger partial charge in [-0.25, -0.2) is 18.7 Å². The van der Waals surface area contributed by atoms with Crippen LogP contribution in [0.4, 0.5) is 8.78 Å². The van der Waals surface area contributed by atoms with Crippen LogP contribution in [0.3, 0.4) is 0 Å². The Hall–Kier alpha value is -1.49. The summed E-state index contributed by atoms with van der Waals surface area (Å²) in [5.74, 6) is -1.46. The highest BCUT2D eigenvalue weighted by molar-refractivity contribution is 6.34. The Labute approximate surface area is 95.0 Å². The van der Waals surface area contributed by atoms with Crippen LogP contribution in [0.15, 0.2) is 6.07 Å². The summed E-state index contributed by atoms with van der Waals surface area (Å²) in [6, 6.07) is 0.712. The van der Waals surface area contributed by atoms with Gasteiger partial charge in [-0.2, -0.15) is 0 Å². The Balaban J connectivity index is 2.99. The van der Waals surface area contributed by atoms with E-state index < -0.39 is 11.6 Å². The summed E-state index contributed by atoms with van der Waals surface area (Å²) in [6.07, 6.45) is 0. The van der Waals surface area contributed by atoms with Gasteiger partial charge in [-0.05, 0) is 6.92 Å². The van der Waals surface area contributed by atoms with Gasteiger partial charge in [0, 0.05) is 6.07 Å². The van der Waals surface area contributed by atoms with Crippen molar-refractivity contribution in [1.29, 1.82) is 0 Å². The predicted octanol–water partition coefficient (Wildman–Crippen LogP) is 2.88. The fourth-order valence-corrected chi connectivity index (χ4v) is 1.77. The standard InChI is InChI=1S/C10H7ClF2N2O/c1-4-14-8-5(12)3-6(13)9(16-2)7(8)10(11)15-4/h3H,1-2H3. The smallest absolute Gasteiger partial charge is 0.168 e. The lowest BCUT2D eigenvalue weighted by molar-refractivity contribution is 0.390. The fraction of sp³-hybridized carbons (Fsp3) is 0.200. The van der Waals surface area contributed by atoms with Crippen LogP contribution in [-0.4, -0.2) is 17.1 Å². The minimum absolute atomic E-state index is 0.0299. The molecule has 0 N–H and O–H groups in total. The molecule has 1 heterocycles. The van der Waals surface area contributed by atoms with E-state index in [1.54, 1.807) is 6.92 Å². The normalized spacial score (nSPS) is 10.8. The molecule has 84 valence electrons. The second-order valence-electron chi connectivity index (χ2n) is 3.16. The Bertz CT molecular complexity index is 574. The van der Waals surface area contributed by atoms with Crippen LogP contribution in [0.2, 0.25) is 5.15 Å². The van der Waals surface area contributed by atoms with Crippen LogP contribution in [0.25, 0.3) is 10.9 Å². The molecular weight excluding hydrogens is 238 g/mol. The Kier molecular flexibility index (Phi) is 2.63. The number of nitrogens with zero attached hydrogens (tertiary/aromatic N) is 2. The number of aryl methyl sites for hydroxylation is 1. The molecule has 1 aromatic carbocycles. The lowest BCUT2D eigenvalue weighted by Crippen LogP contribution is -1.98. The van der Waals surface area contributed by atoms with Crippen molar-refractivity contribution in [2.45, 2.75) is 6.92 Å². The number of hydrogen-bond acceptors (Lipinski definition) is 3. The molecule has 0 radical (unpaired) electrons. The lowest BCUT2D eigenvalue weighted by atomic mass is 10.2. The third-order valence-electron chi connectivity index (χ3n) is 2.10. The Morgan fingerprint density at radius 2 is 1.94 bits per heavy atom. The minimum Gasteiger partial charge on any atom is -0.493 e. The Morgan fingerprint density at radius 3 is 2.56 bits per heavy atom. The molecule has 16 heavy (non-hydrogen) atoms. The van der Waals surface area contributed by atoms with Gasteiger partial charge in [-0.1, -0.05) is 11.6 Å². The van der Waals surface area contributed by atoms with E-state index in [-0.39, 0.29) is 21.8 Å². The largest absolute Gasteiger partial charge is 0.493 e. The topological polar surface area (TPSA) is 35.0 Å². The van der Waals surface area contributed by atoms with Gasteiger partial charge in [0.2, 0.25) is 0 Å². The zero-order valence-electron chi connectivity index (χ0n) is 8.51. The van der Waals surface area contributed by atoms with Gasteiger partial charge < -0.3 is 4.74 Å². The van der Waals surface area contributed by atoms with Crippen molar-refractivity contribution in [3.8, 4) is 5.75 Å². The van der Waals surface area contributed by atoms with Crippen LogP contribution in [0.1, 0.15) is 5.82 Å². The van der Waals surface area contributed by atoms with Gasteiger partial charge in [0.25, 0.3) is 0 Å². The van der Waals surface area contributed by atoms with Gasteiger partial charge in [0.15, 0.2) is 17.4 Å². The maximum Gasteiger partial charge on any atom is 0.168 e. The van der Waals surface area contributed by atoms with Crippen molar-refractivity contribution >= 4 is 22.5 Å². The van der Waals surface area contributed by atoms with E-state index >= 15 is 0 Å². The first kappa shape index (κ1) is 11.0. The van der Waals surface area contributed by atoms with Crippen molar-refractivity contribution < 1.29 is 13.5 Å². The summed E-state index contributed by atoms with van der Waals surface area (Å²) in [5.41, 5.74) is -0.0456. The summed E-state index contributed by atoms with van der Waals surface area (Å²) in [6.45, 7) is 1.57. The first-order valence-electron chi connectivity index (χ1n) is 4.40. The molecule has 0 bridgehead atoms. The van der Waals surface area contributed by atoms with Crippen molar-refractivity contribution in [2.75, 3.05) is 7.11 Å².